The van der Waals surface area contributed by atoms with E-state index in [0.29, 0.717) is 0 Å². The molecule has 0 saturated carbocycles. The lowest BCUT2D eigenvalue weighted by molar-refractivity contribution is -0.140. The summed E-state index contributed by atoms with van der Waals surface area (Å²) in [7, 11) is 0. The van der Waals surface area contributed by atoms with Crippen molar-refractivity contribution in [2.75, 3.05) is 0 Å². The highest BCUT2D eigenvalue weighted by molar-refractivity contribution is 6.13. The Morgan fingerprint density at radius 2 is 0.767 bits per heavy atom. The van der Waals surface area contributed by atoms with Crippen molar-refractivity contribution in [3.8, 4) is 0 Å². The summed E-state index contributed by atoms with van der Waals surface area (Å²) in [4.78, 5) is 48.2. The fourth-order valence-electron chi connectivity index (χ4n) is 3.35. The van der Waals surface area contributed by atoms with Crippen molar-refractivity contribution in [3.05, 3.63) is 96.1 Å². The van der Waals surface area contributed by atoms with Crippen LogP contribution in [0.3, 0.4) is 0 Å². The largest absolute Gasteiger partial charge is 0.269 e. The Morgan fingerprint density at radius 3 is 1.03 bits per heavy atom. The van der Waals surface area contributed by atoms with Crippen LogP contribution in [0.25, 0.3) is 0 Å². The molecular weight excluding hydrogens is 380 g/mol. The topological polar surface area (TPSA) is 74.8 Å². The van der Waals surface area contributed by atoms with E-state index in [2.05, 4.69) is 0 Å². The van der Waals surface area contributed by atoms with E-state index >= 15 is 0 Å². The van der Waals surface area contributed by atoms with Crippen molar-refractivity contribution in [2.24, 2.45) is 0 Å². The molecule has 0 spiro atoms. The molecule has 2 atom stereocenters. The zero-order valence-corrected chi connectivity index (χ0v) is 16.8. The molecule has 4 amide bonds. The quantitative estimate of drug-likeness (QED) is 0.735. The predicted molar refractivity (Wildman–Crippen MR) is 112 cm³/mol. The van der Waals surface area contributed by atoms with Crippen LogP contribution in [-0.2, 0) is 19.2 Å². The molecule has 0 saturated heterocycles. The van der Waals surface area contributed by atoms with Gasteiger partial charge in [-0.05, 0) is 25.0 Å². The van der Waals surface area contributed by atoms with Gasteiger partial charge < -0.3 is 0 Å². The Bertz CT molecular complexity index is 893. The van der Waals surface area contributed by atoms with Gasteiger partial charge in [-0.15, -0.1) is 0 Å². The van der Waals surface area contributed by atoms with Crippen molar-refractivity contribution in [2.45, 2.75) is 25.9 Å². The molecule has 0 fully saturated rings. The Labute approximate surface area is 175 Å². The van der Waals surface area contributed by atoms with Gasteiger partial charge in [0.05, 0.1) is 12.1 Å². The molecule has 0 unspecified atom stereocenters. The van der Waals surface area contributed by atoms with Crippen LogP contribution in [-0.4, -0.2) is 33.4 Å². The number of nitrogens with zero attached hydrogens (tertiary/aromatic N) is 2. The fraction of sp³-hybridized carbons (Fsp3) is 0.167. The van der Waals surface area contributed by atoms with Crippen LogP contribution in [0.1, 0.15) is 37.1 Å². The normalized spacial score (nSPS) is 17.3. The first-order valence-electron chi connectivity index (χ1n) is 9.60. The molecular formula is C24H22N2O4. The van der Waals surface area contributed by atoms with Gasteiger partial charge in [0.15, 0.2) is 0 Å². The maximum Gasteiger partial charge on any atom is 0.254 e. The van der Waals surface area contributed by atoms with Gasteiger partial charge in [0, 0.05) is 24.3 Å². The van der Waals surface area contributed by atoms with Crippen LogP contribution < -0.4 is 0 Å². The highest BCUT2D eigenvalue weighted by Gasteiger charge is 2.29. The van der Waals surface area contributed by atoms with Crippen LogP contribution in [0, 0.1) is 0 Å². The van der Waals surface area contributed by atoms with Crippen LogP contribution in [0.15, 0.2) is 85.0 Å². The minimum absolute atomic E-state index is 0.207. The summed E-state index contributed by atoms with van der Waals surface area (Å²) in [5.41, 5.74) is 1.92. The SMILES string of the molecule is C[C@H](c1ccccc1)N1C(=O)C=CC1=O.C[C@H](c1ccccc1)N1C(=O)C=CC1=O. The predicted octanol–water partition coefficient (Wildman–Crippen LogP) is 3.35. The maximum atomic E-state index is 11.4. The van der Waals surface area contributed by atoms with E-state index in [-0.39, 0.29) is 35.7 Å². The summed E-state index contributed by atoms with van der Waals surface area (Å²) in [6.07, 6.45) is 5.23. The third kappa shape index (κ3) is 4.43. The molecule has 0 radical (unpaired) electrons. The summed E-state index contributed by atoms with van der Waals surface area (Å²) < 4.78 is 0. The first kappa shape index (κ1) is 20.9. The van der Waals surface area contributed by atoms with Crippen molar-refractivity contribution < 1.29 is 19.2 Å². The van der Waals surface area contributed by atoms with Gasteiger partial charge in [0.25, 0.3) is 23.6 Å². The third-order valence-corrected chi connectivity index (χ3v) is 5.03. The van der Waals surface area contributed by atoms with Crippen molar-refractivity contribution in [1.82, 2.24) is 9.80 Å². The van der Waals surface area contributed by atoms with Crippen LogP contribution in [0.2, 0.25) is 0 Å². The number of rotatable bonds is 4. The molecule has 2 aliphatic heterocycles. The van der Waals surface area contributed by atoms with Gasteiger partial charge in [-0.1, -0.05) is 60.7 Å². The first-order chi connectivity index (χ1) is 14.4. The number of amides is 4. The van der Waals surface area contributed by atoms with E-state index in [1.54, 1.807) is 0 Å². The second kappa shape index (κ2) is 9.13. The Hall–Kier alpha value is -3.80. The number of carbonyl (C=O) groups is 4. The molecule has 30 heavy (non-hydrogen) atoms. The number of hydrogen-bond donors (Lipinski definition) is 0. The fourth-order valence-corrected chi connectivity index (χ4v) is 3.35. The molecule has 0 bridgehead atoms. The minimum atomic E-state index is -0.239. The van der Waals surface area contributed by atoms with Gasteiger partial charge in [-0.2, -0.15) is 0 Å². The maximum absolute atomic E-state index is 11.4. The van der Waals surface area contributed by atoms with E-state index in [1.165, 1.54) is 34.1 Å². The number of hydrogen-bond acceptors (Lipinski definition) is 4. The van der Waals surface area contributed by atoms with Gasteiger partial charge in [-0.3, -0.25) is 29.0 Å². The highest BCUT2D eigenvalue weighted by atomic mass is 16.2. The third-order valence-electron chi connectivity index (χ3n) is 5.03. The molecule has 0 N–H and O–H groups in total. The van der Waals surface area contributed by atoms with Gasteiger partial charge >= 0.3 is 0 Å². The zero-order chi connectivity index (χ0) is 21.7. The van der Waals surface area contributed by atoms with E-state index in [1.807, 2.05) is 74.5 Å². The van der Waals surface area contributed by atoms with E-state index in [4.69, 9.17) is 0 Å². The molecule has 0 aromatic heterocycles. The van der Waals surface area contributed by atoms with Crippen molar-refractivity contribution >= 4 is 23.6 Å². The Morgan fingerprint density at radius 1 is 0.500 bits per heavy atom. The molecule has 0 aliphatic carbocycles. The number of carbonyl (C=O) groups excluding carboxylic acids is 4. The average Bonchev–Trinajstić information content (AvgIpc) is 3.29. The number of benzene rings is 2. The molecule has 2 heterocycles. The van der Waals surface area contributed by atoms with Crippen LogP contribution in [0.5, 0.6) is 0 Å². The summed E-state index contributed by atoms with van der Waals surface area (Å²) in [6.45, 7) is 3.69. The second-order valence-corrected chi connectivity index (χ2v) is 6.93. The van der Waals surface area contributed by atoms with E-state index in [0.717, 1.165) is 11.1 Å². The molecule has 2 aromatic rings. The van der Waals surface area contributed by atoms with E-state index in [9.17, 15) is 19.2 Å². The zero-order valence-electron chi connectivity index (χ0n) is 16.8. The Balaban J connectivity index is 0.000000171. The van der Waals surface area contributed by atoms with Gasteiger partial charge in [0.2, 0.25) is 0 Å². The standard InChI is InChI=1S/2C12H11NO2/c2*1-9(10-5-3-2-4-6-10)13-11(14)7-8-12(13)15/h2*2-9H,1H3/t2*9-/m11/s1. The molecule has 152 valence electrons. The smallest absolute Gasteiger partial charge is 0.254 e. The number of imide groups is 2. The average molecular weight is 402 g/mol. The lowest BCUT2D eigenvalue weighted by atomic mass is 10.1. The molecule has 4 rings (SSSR count). The molecule has 2 aliphatic rings. The van der Waals surface area contributed by atoms with E-state index < -0.39 is 0 Å². The molecule has 6 heteroatoms. The summed E-state index contributed by atoms with van der Waals surface area (Å²) >= 11 is 0. The summed E-state index contributed by atoms with van der Waals surface area (Å²) in [5, 5.41) is 0. The monoisotopic (exact) mass is 402 g/mol. The van der Waals surface area contributed by atoms with Crippen molar-refractivity contribution in [3.63, 3.8) is 0 Å². The Kier molecular flexibility index (Phi) is 6.37. The lowest BCUT2D eigenvalue weighted by Gasteiger charge is -2.22. The van der Waals surface area contributed by atoms with Crippen LogP contribution in [0.4, 0.5) is 0 Å². The van der Waals surface area contributed by atoms with Gasteiger partial charge in [0.1, 0.15) is 0 Å². The highest BCUT2D eigenvalue weighted by Crippen LogP contribution is 2.24. The second-order valence-electron chi connectivity index (χ2n) is 6.93. The van der Waals surface area contributed by atoms with Crippen molar-refractivity contribution in [1.29, 1.82) is 0 Å². The van der Waals surface area contributed by atoms with Gasteiger partial charge in [-0.25, -0.2) is 0 Å². The summed E-state index contributed by atoms with van der Waals surface area (Å²) in [6, 6.07) is 18.6. The molecule has 2 aromatic carbocycles. The van der Waals surface area contributed by atoms with Crippen LogP contribution >= 0.6 is 0 Å². The molecule has 6 nitrogen and oxygen atoms in total. The minimum Gasteiger partial charge on any atom is -0.269 e. The lowest BCUT2D eigenvalue weighted by Crippen LogP contribution is -2.32. The summed E-state index contributed by atoms with van der Waals surface area (Å²) in [5.74, 6) is -0.958. The first-order valence-corrected chi connectivity index (χ1v) is 9.60.